The van der Waals surface area contributed by atoms with Crippen molar-refractivity contribution >= 4 is 22.6 Å². The first-order valence-electron chi connectivity index (χ1n) is 9.25. The van der Waals surface area contributed by atoms with Crippen molar-refractivity contribution in [1.82, 2.24) is 4.98 Å². The molecule has 0 N–H and O–H groups in total. The monoisotopic (exact) mass is 356 g/mol. The fraction of sp³-hybridized carbons (Fsp3) is 0.524. The van der Waals surface area contributed by atoms with E-state index < -0.39 is 5.60 Å². The zero-order valence-corrected chi connectivity index (χ0v) is 15.6. The normalized spacial score (nSPS) is 21.4. The number of pyridine rings is 1. The minimum Gasteiger partial charge on any atom is -0.456 e. The average molecular weight is 356 g/mol. The highest BCUT2D eigenvalue weighted by Gasteiger charge is 2.51. The number of carbonyl (C=O) groups is 1. The van der Waals surface area contributed by atoms with Gasteiger partial charge in [-0.1, -0.05) is 0 Å². The van der Waals surface area contributed by atoms with Crippen LogP contribution in [0, 0.1) is 5.41 Å². The van der Waals surface area contributed by atoms with Crippen LogP contribution >= 0.6 is 0 Å². The van der Waals surface area contributed by atoms with E-state index >= 15 is 0 Å². The Morgan fingerprint density at radius 1 is 1.35 bits per heavy atom. The van der Waals surface area contributed by atoms with E-state index in [1.165, 1.54) is 12.8 Å². The third kappa shape index (κ3) is 3.15. The molecule has 26 heavy (non-hydrogen) atoms. The zero-order chi connectivity index (χ0) is 18.5. The number of hydrogen-bond acceptors (Lipinski definition) is 4. The molecule has 1 saturated heterocycles. The summed E-state index contributed by atoms with van der Waals surface area (Å²) in [5.41, 5.74) is 1.96. The van der Waals surface area contributed by atoms with Gasteiger partial charge in [0.1, 0.15) is 12.3 Å². The molecule has 0 amide bonds. The second-order valence-corrected chi connectivity index (χ2v) is 8.70. The summed E-state index contributed by atoms with van der Waals surface area (Å²) < 4.78 is 19.1. The Morgan fingerprint density at radius 3 is 2.77 bits per heavy atom. The second-order valence-electron chi connectivity index (χ2n) is 8.70. The molecule has 1 saturated carbocycles. The Balaban J connectivity index is 1.72. The zero-order valence-electron chi connectivity index (χ0n) is 15.6. The van der Waals surface area contributed by atoms with Gasteiger partial charge in [-0.05, 0) is 69.7 Å². The first-order valence-corrected chi connectivity index (χ1v) is 9.25. The summed E-state index contributed by atoms with van der Waals surface area (Å²) in [6, 6.07) is 7.48. The van der Waals surface area contributed by atoms with Crippen LogP contribution in [0.25, 0.3) is 10.9 Å². The molecular formula is C21H25FN2O2. The lowest BCUT2D eigenvalue weighted by molar-refractivity contribution is 0.00718. The average Bonchev–Trinajstić information content (AvgIpc) is 3.23. The van der Waals surface area contributed by atoms with Crippen LogP contribution in [-0.2, 0) is 4.74 Å². The van der Waals surface area contributed by atoms with E-state index in [-0.39, 0.29) is 18.7 Å². The summed E-state index contributed by atoms with van der Waals surface area (Å²) in [6.07, 6.45) is 4.94. The van der Waals surface area contributed by atoms with Crippen molar-refractivity contribution in [3.8, 4) is 0 Å². The predicted molar refractivity (Wildman–Crippen MR) is 100 cm³/mol. The molecule has 1 atom stereocenters. The fourth-order valence-corrected chi connectivity index (χ4v) is 3.97. The molecule has 2 heterocycles. The summed E-state index contributed by atoms with van der Waals surface area (Å²) in [4.78, 5) is 19.2. The molecule has 5 heteroatoms. The van der Waals surface area contributed by atoms with Crippen LogP contribution < -0.4 is 4.90 Å². The summed E-state index contributed by atoms with van der Waals surface area (Å²) in [6.45, 7) is 6.11. The smallest absolute Gasteiger partial charge is 0.339 e. The van der Waals surface area contributed by atoms with Crippen LogP contribution in [0.1, 0.15) is 50.4 Å². The molecule has 1 aliphatic carbocycles. The number of benzene rings is 1. The topological polar surface area (TPSA) is 42.4 Å². The highest BCUT2D eigenvalue weighted by Crippen LogP contribution is 2.55. The molecule has 0 bridgehead atoms. The number of anilines is 1. The van der Waals surface area contributed by atoms with Crippen molar-refractivity contribution in [1.29, 1.82) is 0 Å². The summed E-state index contributed by atoms with van der Waals surface area (Å²) in [5.74, 6) is -0.357. The molecule has 138 valence electrons. The van der Waals surface area contributed by atoms with E-state index in [0.29, 0.717) is 11.0 Å². The van der Waals surface area contributed by atoms with E-state index in [0.717, 1.165) is 29.6 Å². The molecule has 4 nitrogen and oxygen atoms in total. The molecule has 1 aliphatic heterocycles. The van der Waals surface area contributed by atoms with Gasteiger partial charge in [0.15, 0.2) is 0 Å². The van der Waals surface area contributed by atoms with Gasteiger partial charge in [0.25, 0.3) is 0 Å². The van der Waals surface area contributed by atoms with Gasteiger partial charge in [0, 0.05) is 23.8 Å². The second kappa shape index (κ2) is 5.93. The molecule has 4 rings (SSSR count). The van der Waals surface area contributed by atoms with Crippen LogP contribution in [0.4, 0.5) is 10.1 Å². The Labute approximate surface area is 153 Å². The molecule has 2 fully saturated rings. The highest BCUT2D eigenvalue weighted by molar-refractivity contribution is 6.04. The van der Waals surface area contributed by atoms with Crippen molar-refractivity contribution in [2.45, 2.75) is 51.7 Å². The first-order chi connectivity index (χ1) is 12.3. The number of carbonyl (C=O) groups excluding carboxylic acids is 1. The maximum absolute atomic E-state index is 13.6. The van der Waals surface area contributed by atoms with Crippen molar-refractivity contribution in [2.75, 3.05) is 18.1 Å². The van der Waals surface area contributed by atoms with E-state index in [1.807, 2.05) is 39.0 Å². The predicted octanol–water partition coefficient (Wildman–Crippen LogP) is 4.52. The Kier molecular flexibility index (Phi) is 3.94. The number of ether oxygens (including phenoxy) is 1. The van der Waals surface area contributed by atoms with Crippen LogP contribution in [-0.4, -0.2) is 35.8 Å². The highest BCUT2D eigenvalue weighted by atomic mass is 19.1. The molecule has 1 spiro atoms. The van der Waals surface area contributed by atoms with Crippen LogP contribution in [0.3, 0.4) is 0 Å². The molecule has 2 aromatic rings. The van der Waals surface area contributed by atoms with Crippen LogP contribution in [0.2, 0.25) is 0 Å². The first kappa shape index (κ1) is 17.3. The van der Waals surface area contributed by atoms with Crippen molar-refractivity contribution in [3.05, 3.63) is 36.0 Å². The quantitative estimate of drug-likeness (QED) is 0.759. The van der Waals surface area contributed by atoms with Crippen LogP contribution in [0.15, 0.2) is 30.5 Å². The lowest BCUT2D eigenvalue weighted by Crippen LogP contribution is -2.31. The number of esters is 1. The Hall–Kier alpha value is -2.17. The van der Waals surface area contributed by atoms with E-state index in [9.17, 15) is 9.18 Å². The minimum atomic E-state index is -0.559. The van der Waals surface area contributed by atoms with E-state index in [2.05, 4.69) is 9.88 Å². The number of alkyl halides is 1. The van der Waals surface area contributed by atoms with Gasteiger partial charge in [-0.2, -0.15) is 0 Å². The standard InChI is InChI=1S/C21H25FN2O2/c1-20(2,3)26-19(25)16-6-9-23-18-5-4-14(10-17(16)18)24-13-21(7-8-21)11-15(24)12-22/h4-6,9-10,15H,7-8,11-13H2,1-3H3. The van der Waals surface area contributed by atoms with E-state index in [1.54, 1.807) is 12.3 Å². The molecule has 1 unspecified atom stereocenters. The van der Waals surface area contributed by atoms with Crippen LogP contribution in [0.5, 0.6) is 0 Å². The maximum Gasteiger partial charge on any atom is 0.339 e. The molecule has 1 aromatic carbocycles. The summed E-state index contributed by atoms with van der Waals surface area (Å²) in [5, 5.41) is 0.758. The van der Waals surface area contributed by atoms with Gasteiger partial charge in [0.05, 0.1) is 17.1 Å². The number of fused-ring (bicyclic) bond motifs is 1. The van der Waals surface area contributed by atoms with Crippen molar-refractivity contribution in [2.24, 2.45) is 5.41 Å². The maximum atomic E-state index is 13.6. The third-order valence-corrected chi connectivity index (χ3v) is 5.43. The van der Waals surface area contributed by atoms with Gasteiger partial charge < -0.3 is 9.64 Å². The molecule has 2 aliphatic rings. The number of hydrogen-bond donors (Lipinski definition) is 0. The molecule has 1 aromatic heterocycles. The van der Waals surface area contributed by atoms with Crippen molar-refractivity contribution < 1.29 is 13.9 Å². The lowest BCUT2D eigenvalue weighted by atomic mass is 10.0. The van der Waals surface area contributed by atoms with E-state index in [4.69, 9.17) is 4.74 Å². The van der Waals surface area contributed by atoms with Crippen molar-refractivity contribution in [3.63, 3.8) is 0 Å². The number of rotatable bonds is 3. The third-order valence-electron chi connectivity index (χ3n) is 5.43. The van der Waals surface area contributed by atoms with Gasteiger partial charge in [-0.15, -0.1) is 0 Å². The SMILES string of the molecule is CC(C)(C)OC(=O)c1ccnc2ccc(N3CC4(CC4)CC3CF)cc12. The Bertz CT molecular complexity index is 855. The summed E-state index contributed by atoms with van der Waals surface area (Å²) in [7, 11) is 0. The number of aromatic nitrogens is 1. The van der Waals surface area contributed by atoms with Gasteiger partial charge in [-0.3, -0.25) is 4.98 Å². The largest absolute Gasteiger partial charge is 0.456 e. The Morgan fingerprint density at radius 2 is 2.12 bits per heavy atom. The molecular weight excluding hydrogens is 331 g/mol. The number of nitrogens with zero attached hydrogens (tertiary/aromatic N) is 2. The summed E-state index contributed by atoms with van der Waals surface area (Å²) >= 11 is 0. The van der Waals surface area contributed by atoms with Gasteiger partial charge in [0.2, 0.25) is 0 Å². The molecule has 0 radical (unpaired) electrons. The van der Waals surface area contributed by atoms with Gasteiger partial charge in [-0.25, -0.2) is 9.18 Å². The number of halogens is 1. The fourth-order valence-electron chi connectivity index (χ4n) is 3.97. The van der Waals surface area contributed by atoms with Gasteiger partial charge >= 0.3 is 5.97 Å². The lowest BCUT2D eigenvalue weighted by Gasteiger charge is -2.25. The minimum absolute atomic E-state index is 0.0726.